The molecule has 8 heteroatoms. The van der Waals surface area contributed by atoms with Crippen LogP contribution in [0.4, 0.5) is 0 Å². The van der Waals surface area contributed by atoms with Crippen molar-refractivity contribution in [2.45, 2.75) is 20.8 Å². The van der Waals surface area contributed by atoms with E-state index in [1.165, 1.54) is 0 Å². The molecule has 1 heterocycles. The third-order valence-electron chi connectivity index (χ3n) is 2.09. The normalized spacial score (nSPS) is 16.3. The molecule has 0 aliphatic carbocycles. The Bertz CT molecular complexity index is 430. The van der Waals surface area contributed by atoms with Crippen molar-refractivity contribution >= 4 is 29.4 Å². The molecule has 8 nitrogen and oxygen atoms in total. The Hall–Kier alpha value is -2.25. The topological polar surface area (TPSA) is 95.1 Å². The fourth-order valence-corrected chi connectivity index (χ4v) is 1.41. The van der Waals surface area contributed by atoms with Gasteiger partial charge in [0.15, 0.2) is 0 Å². The summed E-state index contributed by atoms with van der Waals surface area (Å²) in [5.41, 5.74) is 0. The quantitative estimate of drug-likeness (QED) is 0.479. The van der Waals surface area contributed by atoms with Crippen LogP contribution in [0.25, 0.3) is 0 Å². The summed E-state index contributed by atoms with van der Waals surface area (Å²) in [6.45, 7) is 2.68. The van der Waals surface area contributed by atoms with Crippen molar-refractivity contribution < 1.29 is 24.0 Å². The molecule has 1 fully saturated rings. The number of nitrogens with zero attached hydrogens (tertiary/aromatic N) is 3. The minimum atomic E-state index is -1.12. The van der Waals surface area contributed by atoms with Gasteiger partial charge in [-0.2, -0.15) is 5.01 Å². The van der Waals surface area contributed by atoms with Crippen LogP contribution in [0.2, 0.25) is 0 Å². The summed E-state index contributed by atoms with van der Waals surface area (Å²) in [6, 6.07) is 0. The van der Waals surface area contributed by atoms with E-state index in [1.54, 1.807) is 0 Å². The molecule has 0 atom stereocenters. The first-order chi connectivity index (χ1) is 7.77. The van der Waals surface area contributed by atoms with Crippen LogP contribution >= 0.6 is 0 Å². The van der Waals surface area contributed by atoms with E-state index < -0.39 is 36.0 Å². The summed E-state index contributed by atoms with van der Waals surface area (Å²) >= 11 is 0. The van der Waals surface area contributed by atoms with Gasteiger partial charge in [-0.1, -0.05) is 0 Å². The lowest BCUT2D eigenvalue weighted by Crippen LogP contribution is -2.67. The van der Waals surface area contributed by atoms with E-state index >= 15 is 0 Å². The fraction of sp³-hybridized carbons (Fsp3) is 0.444. The van der Waals surface area contributed by atoms with Crippen molar-refractivity contribution in [3.05, 3.63) is 0 Å². The summed E-state index contributed by atoms with van der Waals surface area (Å²) in [7, 11) is 0. The minimum absolute atomic E-state index is 0.357. The molecule has 1 aliphatic heterocycles. The van der Waals surface area contributed by atoms with E-state index in [0.29, 0.717) is 10.1 Å². The molecule has 0 aromatic rings. The molecule has 0 saturated carbocycles. The number of amides is 4. The maximum atomic E-state index is 11.5. The van der Waals surface area contributed by atoms with E-state index in [-0.39, 0.29) is 0 Å². The van der Waals surface area contributed by atoms with Crippen LogP contribution in [0.5, 0.6) is 0 Å². The number of ketones is 1. The second-order valence-electron chi connectivity index (χ2n) is 3.44. The van der Waals surface area contributed by atoms with Gasteiger partial charge in [-0.15, -0.1) is 5.12 Å². The van der Waals surface area contributed by atoms with Gasteiger partial charge in [0.2, 0.25) is 17.6 Å². The molecule has 1 saturated heterocycles. The molecule has 1 aliphatic rings. The van der Waals surface area contributed by atoms with Crippen molar-refractivity contribution in [3.8, 4) is 0 Å². The van der Waals surface area contributed by atoms with E-state index in [0.717, 1.165) is 25.8 Å². The van der Waals surface area contributed by atoms with Gasteiger partial charge >= 0.3 is 5.91 Å². The molecule has 0 aromatic carbocycles. The predicted molar refractivity (Wildman–Crippen MR) is 52.4 cm³/mol. The predicted octanol–water partition coefficient (Wildman–Crippen LogP) is -1.53. The van der Waals surface area contributed by atoms with E-state index in [4.69, 9.17) is 0 Å². The minimum Gasteiger partial charge on any atom is -0.286 e. The molecule has 0 radical (unpaired) electrons. The number of rotatable bonds is 0. The van der Waals surface area contributed by atoms with Gasteiger partial charge in [0.1, 0.15) is 6.54 Å². The van der Waals surface area contributed by atoms with Gasteiger partial charge in [-0.3, -0.25) is 24.0 Å². The first kappa shape index (κ1) is 12.8. The third kappa shape index (κ3) is 2.14. The zero-order valence-corrected chi connectivity index (χ0v) is 9.59. The molecule has 0 N–H and O–H groups in total. The lowest BCUT2D eigenvalue weighted by molar-refractivity contribution is -0.214. The molecular formula is C9H11N3O5. The van der Waals surface area contributed by atoms with Gasteiger partial charge in [0.05, 0.1) is 0 Å². The average Bonchev–Trinajstić information content (AvgIpc) is 2.19. The number of hydrazine groups is 2. The number of Topliss-reactive ketones (excluding diaryl/α,β-unsaturated/α-hetero) is 1. The van der Waals surface area contributed by atoms with Crippen LogP contribution in [0.1, 0.15) is 20.8 Å². The lowest BCUT2D eigenvalue weighted by Gasteiger charge is -2.41. The Morgan fingerprint density at radius 3 is 1.82 bits per heavy atom. The van der Waals surface area contributed by atoms with Crippen LogP contribution in [0.3, 0.4) is 0 Å². The van der Waals surface area contributed by atoms with Crippen LogP contribution in [0, 0.1) is 0 Å². The Balaban J connectivity index is 3.25. The summed E-state index contributed by atoms with van der Waals surface area (Å²) in [5.74, 6) is -4.19. The van der Waals surface area contributed by atoms with Gasteiger partial charge < -0.3 is 0 Å². The zero-order valence-electron chi connectivity index (χ0n) is 9.59. The first-order valence-electron chi connectivity index (χ1n) is 4.73. The van der Waals surface area contributed by atoms with Crippen molar-refractivity contribution in [1.82, 2.24) is 15.1 Å². The smallest absolute Gasteiger partial charge is 0.286 e. The molecule has 0 bridgehead atoms. The Kier molecular flexibility index (Phi) is 3.26. The van der Waals surface area contributed by atoms with Gasteiger partial charge in [0.25, 0.3) is 5.91 Å². The first-order valence-corrected chi connectivity index (χ1v) is 4.73. The third-order valence-corrected chi connectivity index (χ3v) is 2.09. The van der Waals surface area contributed by atoms with E-state index in [2.05, 4.69) is 0 Å². The summed E-state index contributed by atoms with van der Waals surface area (Å²) < 4.78 is 0. The molecule has 4 amide bonds. The lowest BCUT2D eigenvalue weighted by atomic mass is 10.3. The molecule has 1 rings (SSSR count). The number of carbonyl (C=O) groups excluding carboxylic acids is 5. The van der Waals surface area contributed by atoms with Crippen LogP contribution in [0.15, 0.2) is 0 Å². The highest BCUT2D eigenvalue weighted by molar-refractivity contribution is 6.40. The summed E-state index contributed by atoms with van der Waals surface area (Å²) in [4.78, 5) is 56.7. The molecule has 0 unspecified atom stereocenters. The zero-order chi connectivity index (χ0) is 13.3. The Morgan fingerprint density at radius 1 is 0.941 bits per heavy atom. The van der Waals surface area contributed by atoms with E-state index in [9.17, 15) is 24.0 Å². The molecular weight excluding hydrogens is 230 g/mol. The second kappa shape index (κ2) is 4.32. The fourth-order valence-electron chi connectivity index (χ4n) is 1.41. The van der Waals surface area contributed by atoms with Crippen molar-refractivity contribution in [2.75, 3.05) is 6.54 Å². The highest BCUT2D eigenvalue weighted by Gasteiger charge is 2.43. The highest BCUT2D eigenvalue weighted by Crippen LogP contribution is 2.13. The van der Waals surface area contributed by atoms with Gasteiger partial charge in [-0.25, -0.2) is 5.01 Å². The highest BCUT2D eigenvalue weighted by atomic mass is 16.2. The second-order valence-corrected chi connectivity index (χ2v) is 3.44. The summed E-state index contributed by atoms with van der Waals surface area (Å²) in [5, 5.41) is 1.68. The van der Waals surface area contributed by atoms with Crippen molar-refractivity contribution in [2.24, 2.45) is 0 Å². The van der Waals surface area contributed by atoms with Crippen molar-refractivity contribution in [3.63, 3.8) is 0 Å². The number of carbonyl (C=O) groups is 5. The SMILES string of the molecule is CC(=O)N1CC(=O)C(=O)N(C(C)=O)N1C(C)=O. The Labute approximate surface area is 96.7 Å². The molecule has 17 heavy (non-hydrogen) atoms. The monoisotopic (exact) mass is 241 g/mol. The summed E-state index contributed by atoms with van der Waals surface area (Å²) in [6.07, 6.45) is 0. The van der Waals surface area contributed by atoms with Crippen molar-refractivity contribution in [1.29, 1.82) is 0 Å². The van der Waals surface area contributed by atoms with Gasteiger partial charge in [-0.05, 0) is 0 Å². The largest absolute Gasteiger partial charge is 0.319 e. The molecule has 0 spiro atoms. The number of hydrogen-bond donors (Lipinski definition) is 0. The number of imide groups is 1. The molecule has 92 valence electrons. The van der Waals surface area contributed by atoms with E-state index in [1.807, 2.05) is 0 Å². The Morgan fingerprint density at radius 2 is 1.47 bits per heavy atom. The standard InChI is InChI=1S/C9H11N3O5/c1-5(13)10-4-8(16)9(17)11(6(2)14)12(10)7(3)15/h4H2,1-3H3. The average molecular weight is 241 g/mol. The van der Waals surface area contributed by atoms with Crippen LogP contribution in [-0.4, -0.2) is 51.1 Å². The van der Waals surface area contributed by atoms with Crippen LogP contribution < -0.4 is 0 Å². The maximum Gasteiger partial charge on any atom is 0.319 e. The van der Waals surface area contributed by atoms with Gasteiger partial charge in [0, 0.05) is 20.8 Å². The maximum absolute atomic E-state index is 11.5. The van der Waals surface area contributed by atoms with Crippen LogP contribution in [-0.2, 0) is 24.0 Å². The molecule has 0 aromatic heterocycles. The number of hydrogen-bond acceptors (Lipinski definition) is 5.